The van der Waals surface area contributed by atoms with E-state index >= 15 is 0 Å². The van der Waals surface area contributed by atoms with E-state index in [4.69, 9.17) is 22.1 Å². The molecule has 1 fully saturated rings. The molecule has 7 heteroatoms. The highest BCUT2D eigenvalue weighted by atomic mass is 35.5. The van der Waals surface area contributed by atoms with Crippen LogP contribution in [0.15, 0.2) is 24.3 Å². The molecule has 0 bridgehead atoms. The lowest BCUT2D eigenvalue weighted by atomic mass is 9.89. The summed E-state index contributed by atoms with van der Waals surface area (Å²) < 4.78 is 20.6. The standard InChI is InChI=1S/C23H27ClFN3O2/c1-23(2)7-5-14(13-30-23)11-28-8-6-17-18(16-4-3-15(24)9-19(16)25)10-20(22(26)29)27-21(17)12-28/h3-4,9-10,14H,5-8,11-13H2,1-2H3,(H2,26,29). The molecule has 2 aliphatic rings. The fourth-order valence-electron chi connectivity index (χ4n) is 4.39. The molecule has 5 nitrogen and oxygen atoms in total. The average molecular weight is 432 g/mol. The second kappa shape index (κ2) is 8.25. The fraction of sp³-hybridized carbons (Fsp3) is 0.478. The number of nitrogens with two attached hydrogens (primary N) is 1. The molecule has 4 rings (SSSR count). The molecule has 0 saturated carbocycles. The molecular weight excluding hydrogens is 405 g/mol. The van der Waals surface area contributed by atoms with Crippen LogP contribution in [0.5, 0.6) is 0 Å². The van der Waals surface area contributed by atoms with Crippen molar-refractivity contribution in [3.8, 4) is 11.1 Å². The average Bonchev–Trinajstić information content (AvgIpc) is 2.69. The van der Waals surface area contributed by atoms with Gasteiger partial charge in [-0.3, -0.25) is 9.69 Å². The van der Waals surface area contributed by atoms with Crippen molar-refractivity contribution in [2.24, 2.45) is 11.7 Å². The number of pyridine rings is 1. The number of carbonyl (C=O) groups is 1. The number of nitrogens with zero attached hydrogens (tertiary/aromatic N) is 2. The number of amides is 1. The molecular formula is C23H27ClFN3O2. The highest BCUT2D eigenvalue weighted by molar-refractivity contribution is 6.30. The van der Waals surface area contributed by atoms with Crippen LogP contribution in [0.3, 0.4) is 0 Å². The van der Waals surface area contributed by atoms with E-state index in [1.807, 2.05) is 0 Å². The van der Waals surface area contributed by atoms with Gasteiger partial charge < -0.3 is 10.5 Å². The first-order valence-electron chi connectivity index (χ1n) is 10.4. The van der Waals surface area contributed by atoms with Crippen LogP contribution >= 0.6 is 11.6 Å². The smallest absolute Gasteiger partial charge is 0.267 e. The van der Waals surface area contributed by atoms with E-state index in [0.29, 0.717) is 28.6 Å². The zero-order valence-electron chi connectivity index (χ0n) is 17.4. The zero-order chi connectivity index (χ0) is 21.5. The number of fused-ring (bicyclic) bond motifs is 1. The SMILES string of the molecule is CC1(C)CCC(CN2CCc3c(-c4ccc(Cl)cc4F)cc(C(N)=O)nc3C2)CO1. The number of hydrogen-bond acceptors (Lipinski definition) is 4. The molecule has 1 atom stereocenters. The second-order valence-electron chi connectivity index (χ2n) is 8.93. The quantitative estimate of drug-likeness (QED) is 0.787. The van der Waals surface area contributed by atoms with Gasteiger partial charge in [-0.2, -0.15) is 0 Å². The maximum Gasteiger partial charge on any atom is 0.267 e. The highest BCUT2D eigenvalue weighted by Crippen LogP contribution is 2.34. The molecule has 3 heterocycles. The molecule has 1 aromatic heterocycles. The number of carbonyl (C=O) groups excluding carboxylic acids is 1. The number of aromatic nitrogens is 1. The number of hydrogen-bond donors (Lipinski definition) is 1. The third kappa shape index (κ3) is 4.51. The van der Waals surface area contributed by atoms with Crippen LogP contribution in [0.25, 0.3) is 11.1 Å². The molecule has 160 valence electrons. The number of ether oxygens (including phenoxy) is 1. The first kappa shape index (κ1) is 21.2. The topological polar surface area (TPSA) is 68.5 Å². The van der Waals surface area contributed by atoms with Crippen molar-refractivity contribution in [1.29, 1.82) is 0 Å². The third-order valence-electron chi connectivity index (χ3n) is 6.12. The lowest BCUT2D eigenvalue weighted by molar-refractivity contribution is -0.0821. The number of rotatable bonds is 4. The summed E-state index contributed by atoms with van der Waals surface area (Å²) in [6.07, 6.45) is 2.91. The van der Waals surface area contributed by atoms with Gasteiger partial charge in [-0.05, 0) is 74.4 Å². The summed E-state index contributed by atoms with van der Waals surface area (Å²) in [5, 5.41) is 0.332. The van der Waals surface area contributed by atoms with Gasteiger partial charge in [-0.1, -0.05) is 11.6 Å². The zero-order valence-corrected chi connectivity index (χ0v) is 18.1. The minimum Gasteiger partial charge on any atom is -0.375 e. The molecule has 2 aliphatic heterocycles. The molecule has 1 saturated heterocycles. The molecule has 2 N–H and O–H groups in total. The minimum absolute atomic E-state index is 0.0412. The predicted octanol–water partition coefficient (Wildman–Crippen LogP) is 4.20. The van der Waals surface area contributed by atoms with Crippen molar-refractivity contribution in [3.63, 3.8) is 0 Å². The van der Waals surface area contributed by atoms with Crippen LogP contribution in [0.2, 0.25) is 5.02 Å². The van der Waals surface area contributed by atoms with Crippen molar-refractivity contribution in [2.75, 3.05) is 19.7 Å². The van der Waals surface area contributed by atoms with E-state index in [-0.39, 0.29) is 11.3 Å². The summed E-state index contributed by atoms with van der Waals surface area (Å²) in [4.78, 5) is 18.7. The monoisotopic (exact) mass is 431 g/mol. The first-order chi connectivity index (χ1) is 14.2. The summed E-state index contributed by atoms with van der Waals surface area (Å²) >= 11 is 5.92. The Kier molecular flexibility index (Phi) is 5.84. The van der Waals surface area contributed by atoms with Gasteiger partial charge in [0.15, 0.2) is 0 Å². The Balaban J connectivity index is 1.61. The van der Waals surface area contributed by atoms with Crippen molar-refractivity contribution in [2.45, 2.75) is 45.3 Å². The molecule has 0 spiro atoms. The van der Waals surface area contributed by atoms with E-state index in [2.05, 4.69) is 23.7 Å². The van der Waals surface area contributed by atoms with Gasteiger partial charge >= 0.3 is 0 Å². The molecule has 30 heavy (non-hydrogen) atoms. The number of benzene rings is 1. The normalized spacial score (nSPS) is 21.3. The van der Waals surface area contributed by atoms with E-state index < -0.39 is 11.7 Å². The maximum atomic E-state index is 14.6. The van der Waals surface area contributed by atoms with Crippen molar-refractivity contribution >= 4 is 17.5 Å². The molecule has 2 aromatic rings. The molecule has 1 unspecified atom stereocenters. The number of halogens is 2. The summed E-state index contributed by atoms with van der Waals surface area (Å²) in [6.45, 7) is 7.40. The Bertz CT molecular complexity index is 969. The molecule has 1 amide bonds. The first-order valence-corrected chi connectivity index (χ1v) is 10.7. The van der Waals surface area contributed by atoms with Crippen molar-refractivity contribution < 1.29 is 13.9 Å². The van der Waals surface area contributed by atoms with Crippen LogP contribution in [-0.2, 0) is 17.7 Å². The lowest BCUT2D eigenvalue weighted by Crippen LogP contribution is -2.41. The van der Waals surface area contributed by atoms with Crippen molar-refractivity contribution in [1.82, 2.24) is 9.88 Å². The second-order valence-corrected chi connectivity index (χ2v) is 9.37. The van der Waals surface area contributed by atoms with Crippen LogP contribution in [-0.4, -0.2) is 41.1 Å². The summed E-state index contributed by atoms with van der Waals surface area (Å²) in [7, 11) is 0. The maximum absolute atomic E-state index is 14.6. The van der Waals surface area contributed by atoms with Crippen LogP contribution in [0, 0.1) is 11.7 Å². The Morgan fingerprint density at radius 1 is 1.37 bits per heavy atom. The van der Waals surface area contributed by atoms with E-state index in [1.54, 1.807) is 18.2 Å². The Hall–Kier alpha value is -2.02. The van der Waals surface area contributed by atoms with Gasteiger partial charge in [-0.15, -0.1) is 0 Å². The van der Waals surface area contributed by atoms with E-state index in [9.17, 15) is 9.18 Å². The fourth-order valence-corrected chi connectivity index (χ4v) is 4.54. The van der Waals surface area contributed by atoms with Gasteiger partial charge in [-0.25, -0.2) is 9.37 Å². The van der Waals surface area contributed by atoms with Gasteiger partial charge in [0.25, 0.3) is 5.91 Å². The largest absolute Gasteiger partial charge is 0.375 e. The van der Waals surface area contributed by atoms with Crippen LogP contribution in [0.4, 0.5) is 4.39 Å². The Labute approximate surface area is 181 Å². The molecule has 0 aliphatic carbocycles. The highest BCUT2D eigenvalue weighted by Gasteiger charge is 2.30. The lowest BCUT2D eigenvalue weighted by Gasteiger charge is -2.38. The van der Waals surface area contributed by atoms with Crippen LogP contribution in [0.1, 0.15) is 48.4 Å². The molecule has 0 radical (unpaired) electrons. The Morgan fingerprint density at radius 2 is 2.17 bits per heavy atom. The van der Waals surface area contributed by atoms with Gasteiger partial charge in [0, 0.05) is 30.2 Å². The van der Waals surface area contributed by atoms with Crippen molar-refractivity contribution in [3.05, 3.63) is 52.1 Å². The van der Waals surface area contributed by atoms with E-state index in [0.717, 1.165) is 50.2 Å². The number of primary amides is 1. The summed E-state index contributed by atoms with van der Waals surface area (Å²) in [5.41, 5.74) is 8.48. The van der Waals surface area contributed by atoms with Crippen LogP contribution < -0.4 is 5.73 Å². The summed E-state index contributed by atoms with van der Waals surface area (Å²) in [5.74, 6) is -0.559. The van der Waals surface area contributed by atoms with E-state index in [1.165, 1.54) is 6.07 Å². The van der Waals surface area contributed by atoms with Gasteiger partial charge in [0.1, 0.15) is 11.5 Å². The Morgan fingerprint density at radius 3 is 2.83 bits per heavy atom. The predicted molar refractivity (Wildman–Crippen MR) is 115 cm³/mol. The third-order valence-corrected chi connectivity index (χ3v) is 6.35. The van der Waals surface area contributed by atoms with Gasteiger partial charge in [0.2, 0.25) is 0 Å². The van der Waals surface area contributed by atoms with Gasteiger partial charge in [0.05, 0.1) is 17.9 Å². The minimum atomic E-state index is -0.617. The summed E-state index contributed by atoms with van der Waals surface area (Å²) in [6, 6.07) is 6.18. The molecule has 1 aromatic carbocycles.